The van der Waals surface area contributed by atoms with Crippen molar-refractivity contribution in [3.05, 3.63) is 16.3 Å². The predicted molar refractivity (Wildman–Crippen MR) is 88.1 cm³/mol. The van der Waals surface area contributed by atoms with Gasteiger partial charge < -0.3 is 5.32 Å². The minimum atomic E-state index is -3.35. The third kappa shape index (κ3) is 4.06. The summed E-state index contributed by atoms with van der Waals surface area (Å²) in [5.41, 5.74) is 0. The lowest BCUT2D eigenvalue weighted by atomic mass is 9.87. The Morgan fingerprint density at radius 2 is 2.19 bits per heavy atom. The minimum absolute atomic E-state index is 0.149. The Kier molecular flexibility index (Phi) is 5.82. The number of hydrogen-bond donors (Lipinski definition) is 1. The van der Waals surface area contributed by atoms with Crippen molar-refractivity contribution in [1.82, 2.24) is 9.62 Å². The molecule has 1 aliphatic rings. The Hall–Kier alpha value is -0.430. The molecule has 0 radical (unpaired) electrons. The van der Waals surface area contributed by atoms with Gasteiger partial charge in [-0.25, -0.2) is 8.42 Å². The first kappa shape index (κ1) is 16.9. The van der Waals surface area contributed by atoms with E-state index in [1.54, 1.807) is 16.7 Å². The molecule has 2 unspecified atom stereocenters. The van der Waals surface area contributed by atoms with Gasteiger partial charge in [0.1, 0.15) is 0 Å². The van der Waals surface area contributed by atoms with Crippen LogP contribution in [0.15, 0.2) is 16.3 Å². The fourth-order valence-corrected chi connectivity index (χ4v) is 5.56. The highest BCUT2D eigenvalue weighted by molar-refractivity contribution is 7.89. The highest BCUT2D eigenvalue weighted by Gasteiger charge is 2.31. The second-order valence-corrected chi connectivity index (χ2v) is 8.97. The largest absolute Gasteiger partial charge is 0.312 e. The molecule has 0 saturated heterocycles. The number of nitrogens with zero attached hydrogens (tertiary/aromatic N) is 1. The van der Waals surface area contributed by atoms with Gasteiger partial charge in [-0.2, -0.15) is 4.31 Å². The molecule has 120 valence electrons. The molecule has 0 spiro atoms. The van der Waals surface area contributed by atoms with Gasteiger partial charge in [-0.1, -0.05) is 26.7 Å². The molecule has 1 aromatic rings. The molecule has 1 N–H and O–H groups in total. The molecule has 1 aliphatic carbocycles. The Morgan fingerprint density at radius 1 is 1.43 bits per heavy atom. The fourth-order valence-electron chi connectivity index (χ4n) is 2.93. The molecule has 2 rings (SSSR count). The molecule has 0 bridgehead atoms. The van der Waals surface area contributed by atoms with Crippen molar-refractivity contribution < 1.29 is 8.42 Å². The zero-order chi connectivity index (χ0) is 15.5. The molecule has 1 heterocycles. The summed E-state index contributed by atoms with van der Waals surface area (Å²) in [7, 11) is -1.61. The zero-order valence-corrected chi connectivity index (χ0v) is 14.8. The monoisotopic (exact) mass is 330 g/mol. The van der Waals surface area contributed by atoms with Gasteiger partial charge >= 0.3 is 0 Å². The van der Waals surface area contributed by atoms with Crippen molar-refractivity contribution in [2.75, 3.05) is 13.6 Å². The fraction of sp³-hybridized carbons (Fsp3) is 0.733. The first-order chi connectivity index (χ1) is 9.95. The highest BCUT2D eigenvalue weighted by Crippen LogP contribution is 2.31. The summed E-state index contributed by atoms with van der Waals surface area (Å²) in [6.45, 7) is 5.88. The molecule has 1 fully saturated rings. The summed E-state index contributed by atoms with van der Waals surface area (Å²) in [6, 6.07) is 1.96. The molecule has 2 atom stereocenters. The van der Waals surface area contributed by atoms with Crippen LogP contribution in [0.4, 0.5) is 0 Å². The maximum atomic E-state index is 12.7. The Bertz CT molecular complexity index is 554. The van der Waals surface area contributed by atoms with Crippen LogP contribution in [0.25, 0.3) is 0 Å². The van der Waals surface area contributed by atoms with Gasteiger partial charge in [0.2, 0.25) is 10.0 Å². The molecular weight excluding hydrogens is 304 g/mol. The predicted octanol–water partition coefficient (Wildman–Crippen LogP) is 3.06. The van der Waals surface area contributed by atoms with Crippen LogP contribution < -0.4 is 5.32 Å². The summed E-state index contributed by atoms with van der Waals surface area (Å²) in [5.74, 6) is 0.619. The van der Waals surface area contributed by atoms with Gasteiger partial charge in [0, 0.05) is 29.9 Å². The zero-order valence-electron chi connectivity index (χ0n) is 13.1. The van der Waals surface area contributed by atoms with E-state index in [-0.39, 0.29) is 6.04 Å². The molecule has 4 nitrogen and oxygen atoms in total. The van der Waals surface area contributed by atoms with E-state index in [1.165, 1.54) is 17.8 Å². The first-order valence-electron chi connectivity index (χ1n) is 7.71. The maximum absolute atomic E-state index is 12.7. The van der Waals surface area contributed by atoms with Gasteiger partial charge in [-0.3, -0.25) is 0 Å². The molecule has 0 amide bonds. The van der Waals surface area contributed by atoms with Gasteiger partial charge in [0.15, 0.2) is 0 Å². The van der Waals surface area contributed by atoms with E-state index in [0.717, 1.165) is 37.2 Å². The Balaban J connectivity index is 2.11. The van der Waals surface area contributed by atoms with Crippen LogP contribution in [0.1, 0.15) is 44.4 Å². The number of hydrogen-bond acceptors (Lipinski definition) is 4. The van der Waals surface area contributed by atoms with Crippen LogP contribution >= 0.6 is 11.3 Å². The second-order valence-electron chi connectivity index (χ2n) is 5.98. The molecule has 1 aromatic heterocycles. The number of nitrogens with one attached hydrogen (secondary N) is 1. The lowest BCUT2D eigenvalue weighted by Crippen LogP contribution is -2.39. The summed E-state index contributed by atoms with van der Waals surface area (Å²) < 4.78 is 27.1. The SMILES string of the molecule is CCNCc1cc(S(=O)(=O)N(C)C2CCCC(C)C2)cs1. The van der Waals surface area contributed by atoms with Crippen LogP contribution in [0.5, 0.6) is 0 Å². The average Bonchev–Trinajstić information content (AvgIpc) is 2.93. The third-order valence-electron chi connectivity index (χ3n) is 4.28. The van der Waals surface area contributed by atoms with E-state index < -0.39 is 10.0 Å². The Labute approximate surface area is 132 Å². The lowest BCUT2D eigenvalue weighted by Gasteiger charge is -2.33. The molecule has 21 heavy (non-hydrogen) atoms. The summed E-state index contributed by atoms with van der Waals surface area (Å²) in [5, 5.41) is 5.00. The second kappa shape index (κ2) is 7.22. The van der Waals surface area contributed by atoms with Crippen LogP contribution in [-0.4, -0.2) is 32.4 Å². The van der Waals surface area contributed by atoms with Crippen molar-refractivity contribution in [3.8, 4) is 0 Å². The number of rotatable bonds is 6. The van der Waals surface area contributed by atoms with Crippen molar-refractivity contribution >= 4 is 21.4 Å². The molecule has 0 aliphatic heterocycles. The van der Waals surface area contributed by atoms with Crippen LogP contribution in [0.2, 0.25) is 0 Å². The summed E-state index contributed by atoms with van der Waals surface area (Å²) in [6.07, 6.45) is 4.30. The van der Waals surface area contributed by atoms with Crippen LogP contribution in [0, 0.1) is 5.92 Å². The van der Waals surface area contributed by atoms with Gasteiger partial charge in [-0.15, -0.1) is 11.3 Å². The molecular formula is C15H26N2O2S2. The van der Waals surface area contributed by atoms with E-state index in [1.807, 2.05) is 13.0 Å². The van der Waals surface area contributed by atoms with E-state index in [0.29, 0.717) is 10.8 Å². The van der Waals surface area contributed by atoms with E-state index in [9.17, 15) is 8.42 Å². The standard InChI is InChI=1S/C15H26N2O2S2/c1-4-16-10-14-9-15(11-20-14)21(18,19)17(3)13-7-5-6-12(2)8-13/h9,11-13,16H,4-8,10H2,1-3H3. The quantitative estimate of drug-likeness (QED) is 0.872. The van der Waals surface area contributed by atoms with E-state index in [4.69, 9.17) is 0 Å². The van der Waals surface area contributed by atoms with Crippen molar-refractivity contribution in [2.24, 2.45) is 5.92 Å². The van der Waals surface area contributed by atoms with Gasteiger partial charge in [0.05, 0.1) is 4.90 Å². The van der Waals surface area contributed by atoms with Crippen LogP contribution in [0.3, 0.4) is 0 Å². The van der Waals surface area contributed by atoms with E-state index >= 15 is 0 Å². The Morgan fingerprint density at radius 3 is 2.86 bits per heavy atom. The molecule has 6 heteroatoms. The summed E-state index contributed by atoms with van der Waals surface area (Å²) in [4.78, 5) is 1.52. The molecule has 1 saturated carbocycles. The first-order valence-corrected chi connectivity index (χ1v) is 10.0. The third-order valence-corrected chi connectivity index (χ3v) is 7.25. The smallest absolute Gasteiger partial charge is 0.243 e. The molecule has 0 aromatic carbocycles. The average molecular weight is 331 g/mol. The minimum Gasteiger partial charge on any atom is -0.312 e. The van der Waals surface area contributed by atoms with Crippen molar-refractivity contribution in [1.29, 1.82) is 0 Å². The van der Waals surface area contributed by atoms with Gasteiger partial charge in [-0.05, 0) is 31.4 Å². The number of sulfonamides is 1. The maximum Gasteiger partial charge on any atom is 0.243 e. The normalized spacial score (nSPS) is 23.6. The lowest BCUT2D eigenvalue weighted by molar-refractivity contribution is 0.239. The summed E-state index contributed by atoms with van der Waals surface area (Å²) >= 11 is 1.51. The van der Waals surface area contributed by atoms with Gasteiger partial charge in [0.25, 0.3) is 0 Å². The van der Waals surface area contributed by atoms with Crippen molar-refractivity contribution in [3.63, 3.8) is 0 Å². The number of thiophene rings is 1. The van der Waals surface area contributed by atoms with Crippen molar-refractivity contribution in [2.45, 2.75) is 57.0 Å². The van der Waals surface area contributed by atoms with Crippen LogP contribution in [-0.2, 0) is 16.6 Å². The van der Waals surface area contributed by atoms with E-state index in [2.05, 4.69) is 12.2 Å². The highest BCUT2D eigenvalue weighted by atomic mass is 32.2. The topological polar surface area (TPSA) is 49.4 Å².